The summed E-state index contributed by atoms with van der Waals surface area (Å²) in [6.45, 7) is 6.61. The van der Waals surface area contributed by atoms with Crippen molar-refractivity contribution in [1.29, 1.82) is 0 Å². The van der Waals surface area contributed by atoms with Gasteiger partial charge in [-0.3, -0.25) is 0 Å². The number of carbonyl (C=O) groups is 1. The SMILES string of the molecule is CN[C@@H]1C[C@H]2C[C@@H]1N(C(=O)OC(C)(C)C)C2. The van der Waals surface area contributed by atoms with Crippen molar-refractivity contribution in [3.05, 3.63) is 0 Å². The van der Waals surface area contributed by atoms with Crippen molar-refractivity contribution in [2.45, 2.75) is 51.3 Å². The van der Waals surface area contributed by atoms with Crippen LogP contribution in [0.3, 0.4) is 0 Å². The number of rotatable bonds is 1. The van der Waals surface area contributed by atoms with Gasteiger partial charge in [-0.1, -0.05) is 0 Å². The molecule has 2 fully saturated rings. The van der Waals surface area contributed by atoms with E-state index in [1.807, 2.05) is 32.7 Å². The number of carbonyl (C=O) groups excluding carboxylic acids is 1. The van der Waals surface area contributed by atoms with Gasteiger partial charge in [-0.2, -0.15) is 0 Å². The highest BCUT2D eigenvalue weighted by Crippen LogP contribution is 2.38. The van der Waals surface area contributed by atoms with Crippen LogP contribution in [0, 0.1) is 5.92 Å². The summed E-state index contributed by atoms with van der Waals surface area (Å²) in [5.74, 6) is 0.662. The topological polar surface area (TPSA) is 41.6 Å². The minimum Gasteiger partial charge on any atom is -0.444 e. The maximum absolute atomic E-state index is 12.0. The van der Waals surface area contributed by atoms with Crippen molar-refractivity contribution in [2.75, 3.05) is 13.6 Å². The van der Waals surface area contributed by atoms with E-state index in [9.17, 15) is 4.79 Å². The van der Waals surface area contributed by atoms with Crippen molar-refractivity contribution in [2.24, 2.45) is 5.92 Å². The monoisotopic (exact) mass is 226 g/mol. The van der Waals surface area contributed by atoms with Gasteiger partial charge in [0.1, 0.15) is 5.60 Å². The number of fused-ring (bicyclic) bond motifs is 2. The van der Waals surface area contributed by atoms with Gasteiger partial charge in [0.15, 0.2) is 0 Å². The number of amides is 1. The maximum Gasteiger partial charge on any atom is 0.410 e. The predicted octanol–water partition coefficient (Wildman–Crippen LogP) is 1.60. The van der Waals surface area contributed by atoms with Crippen LogP contribution < -0.4 is 5.32 Å². The molecule has 0 aromatic rings. The molecule has 1 aliphatic heterocycles. The second-order valence-corrected chi connectivity index (χ2v) is 5.93. The quantitative estimate of drug-likeness (QED) is 0.738. The lowest BCUT2D eigenvalue weighted by Gasteiger charge is -2.34. The number of nitrogens with one attached hydrogen (secondary N) is 1. The number of hydrogen-bond acceptors (Lipinski definition) is 3. The molecule has 2 bridgehead atoms. The highest BCUT2D eigenvalue weighted by molar-refractivity contribution is 5.69. The molecule has 0 spiro atoms. The lowest BCUT2D eigenvalue weighted by atomic mass is 10.1. The van der Waals surface area contributed by atoms with Crippen LogP contribution >= 0.6 is 0 Å². The van der Waals surface area contributed by atoms with E-state index in [-0.39, 0.29) is 6.09 Å². The van der Waals surface area contributed by atoms with Crippen LogP contribution in [0.2, 0.25) is 0 Å². The van der Waals surface area contributed by atoms with Crippen LogP contribution in [0.25, 0.3) is 0 Å². The summed E-state index contributed by atoms with van der Waals surface area (Å²) in [5.41, 5.74) is -0.395. The van der Waals surface area contributed by atoms with Gasteiger partial charge >= 0.3 is 6.09 Å². The number of ether oxygens (including phenoxy) is 1. The van der Waals surface area contributed by atoms with E-state index >= 15 is 0 Å². The molecule has 2 rings (SSSR count). The summed E-state index contributed by atoms with van der Waals surface area (Å²) in [4.78, 5) is 13.9. The molecule has 2 aliphatic rings. The van der Waals surface area contributed by atoms with E-state index in [0.29, 0.717) is 18.0 Å². The number of piperidine rings is 1. The van der Waals surface area contributed by atoms with Crippen LogP contribution in [0.5, 0.6) is 0 Å². The van der Waals surface area contributed by atoms with Crippen LogP contribution in [-0.2, 0) is 4.74 Å². The number of nitrogens with zero attached hydrogens (tertiary/aromatic N) is 1. The molecule has 1 N–H and O–H groups in total. The molecular weight excluding hydrogens is 204 g/mol. The molecule has 3 atom stereocenters. The van der Waals surface area contributed by atoms with Gasteiger partial charge in [0.05, 0.1) is 6.04 Å². The van der Waals surface area contributed by atoms with Gasteiger partial charge in [0.2, 0.25) is 0 Å². The lowest BCUT2D eigenvalue weighted by Crippen LogP contribution is -2.50. The van der Waals surface area contributed by atoms with Crippen molar-refractivity contribution in [3.63, 3.8) is 0 Å². The van der Waals surface area contributed by atoms with Crippen LogP contribution in [0.4, 0.5) is 4.79 Å². The Balaban J connectivity index is 1.99. The third-order valence-corrected chi connectivity index (χ3v) is 3.48. The molecule has 4 heteroatoms. The minimum absolute atomic E-state index is 0.153. The second-order valence-electron chi connectivity index (χ2n) is 5.93. The Kier molecular flexibility index (Phi) is 2.86. The number of likely N-dealkylation sites (N-methyl/N-ethyl adjacent to an activating group) is 1. The Bertz CT molecular complexity index is 285. The van der Waals surface area contributed by atoms with Gasteiger partial charge in [-0.15, -0.1) is 0 Å². The first-order valence-electron chi connectivity index (χ1n) is 6.07. The van der Waals surface area contributed by atoms with Gasteiger partial charge in [0, 0.05) is 12.6 Å². The smallest absolute Gasteiger partial charge is 0.410 e. The summed E-state index contributed by atoms with van der Waals surface area (Å²) in [5, 5.41) is 3.29. The molecule has 92 valence electrons. The lowest BCUT2D eigenvalue weighted by molar-refractivity contribution is 0.0161. The molecule has 0 aromatic carbocycles. The second kappa shape index (κ2) is 3.91. The van der Waals surface area contributed by atoms with E-state index in [0.717, 1.165) is 13.0 Å². The summed E-state index contributed by atoms with van der Waals surface area (Å²) >= 11 is 0. The zero-order chi connectivity index (χ0) is 11.9. The fraction of sp³-hybridized carbons (Fsp3) is 0.917. The Hall–Kier alpha value is -0.770. The normalized spacial score (nSPS) is 33.2. The fourth-order valence-electron chi connectivity index (χ4n) is 2.87. The first kappa shape index (κ1) is 11.7. The first-order chi connectivity index (χ1) is 7.40. The fourth-order valence-corrected chi connectivity index (χ4v) is 2.87. The standard InChI is InChI=1S/C12H22N2O2/c1-12(2,3)16-11(15)14-7-8-5-9(13-4)10(14)6-8/h8-10,13H,5-7H2,1-4H3/t8-,9+,10-/m0/s1. The van der Waals surface area contributed by atoms with E-state index in [2.05, 4.69) is 5.32 Å². The largest absolute Gasteiger partial charge is 0.444 e. The molecule has 1 aliphatic carbocycles. The van der Waals surface area contributed by atoms with E-state index in [4.69, 9.17) is 4.74 Å². The summed E-state index contributed by atoms with van der Waals surface area (Å²) in [6, 6.07) is 0.788. The molecule has 0 aromatic heterocycles. The Labute approximate surface area is 97.3 Å². The third-order valence-electron chi connectivity index (χ3n) is 3.48. The number of hydrogen-bond donors (Lipinski definition) is 1. The Morgan fingerprint density at radius 3 is 2.56 bits per heavy atom. The Morgan fingerprint density at radius 2 is 2.06 bits per heavy atom. The third kappa shape index (κ3) is 2.17. The highest BCUT2D eigenvalue weighted by atomic mass is 16.6. The molecule has 0 unspecified atom stereocenters. The van der Waals surface area contributed by atoms with E-state index in [1.165, 1.54) is 6.42 Å². The average Bonchev–Trinajstić information content (AvgIpc) is 2.72. The first-order valence-corrected chi connectivity index (χ1v) is 6.07. The average molecular weight is 226 g/mol. The number of likely N-dealkylation sites (tertiary alicyclic amines) is 1. The summed E-state index contributed by atoms with van der Waals surface area (Å²) in [6.07, 6.45) is 2.17. The minimum atomic E-state index is -0.395. The molecular formula is C12H22N2O2. The van der Waals surface area contributed by atoms with E-state index < -0.39 is 5.60 Å². The van der Waals surface area contributed by atoms with Crippen LogP contribution in [0.15, 0.2) is 0 Å². The molecule has 1 heterocycles. The molecule has 1 amide bonds. The van der Waals surface area contributed by atoms with Gasteiger partial charge in [-0.05, 0) is 46.6 Å². The molecule has 4 nitrogen and oxygen atoms in total. The molecule has 0 radical (unpaired) electrons. The van der Waals surface area contributed by atoms with Crippen molar-refractivity contribution < 1.29 is 9.53 Å². The molecule has 1 saturated heterocycles. The van der Waals surface area contributed by atoms with Gasteiger partial charge < -0.3 is 15.0 Å². The zero-order valence-electron chi connectivity index (χ0n) is 10.6. The van der Waals surface area contributed by atoms with Crippen molar-refractivity contribution >= 4 is 6.09 Å². The highest BCUT2D eigenvalue weighted by Gasteiger charge is 2.47. The molecule has 16 heavy (non-hydrogen) atoms. The summed E-state index contributed by atoms with van der Waals surface area (Å²) < 4.78 is 5.43. The van der Waals surface area contributed by atoms with Gasteiger partial charge in [0.25, 0.3) is 0 Å². The predicted molar refractivity (Wildman–Crippen MR) is 62.3 cm³/mol. The van der Waals surface area contributed by atoms with E-state index in [1.54, 1.807) is 0 Å². The van der Waals surface area contributed by atoms with Crippen molar-refractivity contribution in [3.8, 4) is 0 Å². The van der Waals surface area contributed by atoms with Crippen molar-refractivity contribution in [1.82, 2.24) is 10.2 Å². The van der Waals surface area contributed by atoms with Crippen LogP contribution in [-0.4, -0.2) is 42.3 Å². The Morgan fingerprint density at radius 1 is 1.38 bits per heavy atom. The molecule has 1 saturated carbocycles. The van der Waals surface area contributed by atoms with Crippen LogP contribution in [0.1, 0.15) is 33.6 Å². The zero-order valence-corrected chi connectivity index (χ0v) is 10.6. The summed E-state index contributed by atoms with van der Waals surface area (Å²) in [7, 11) is 1.97. The maximum atomic E-state index is 12.0. The van der Waals surface area contributed by atoms with Gasteiger partial charge in [-0.25, -0.2) is 4.79 Å².